The second kappa shape index (κ2) is 52.3. The van der Waals surface area contributed by atoms with Gasteiger partial charge in [-0.1, -0.05) is 256 Å². The van der Waals surface area contributed by atoms with Crippen LogP contribution in [0.4, 0.5) is 0 Å². The number of carbonyl (C=O) groups is 3. The third kappa shape index (κ3) is 50.5. The predicted molar refractivity (Wildman–Crippen MR) is 270 cm³/mol. The molecule has 0 saturated heterocycles. The Morgan fingerprint density at radius 3 is 0.952 bits per heavy atom. The van der Waals surface area contributed by atoms with Crippen LogP contribution >= 0.6 is 0 Å². The molecule has 0 aromatic rings. The van der Waals surface area contributed by atoms with E-state index < -0.39 is 6.10 Å². The minimum atomic E-state index is -0.787. The van der Waals surface area contributed by atoms with Gasteiger partial charge >= 0.3 is 17.9 Å². The first-order valence-corrected chi connectivity index (χ1v) is 27.5. The van der Waals surface area contributed by atoms with E-state index in [4.69, 9.17) is 14.2 Å². The van der Waals surface area contributed by atoms with Crippen LogP contribution in [0.5, 0.6) is 0 Å². The maximum atomic E-state index is 12.8. The van der Waals surface area contributed by atoms with Crippen molar-refractivity contribution in [3.8, 4) is 0 Å². The van der Waals surface area contributed by atoms with Crippen LogP contribution in [0.25, 0.3) is 0 Å². The van der Waals surface area contributed by atoms with Gasteiger partial charge in [0.15, 0.2) is 6.10 Å². The Bertz CT molecular complexity index is 1060. The zero-order valence-electron chi connectivity index (χ0n) is 42.1. The van der Waals surface area contributed by atoms with E-state index >= 15 is 0 Å². The highest BCUT2D eigenvalue weighted by atomic mass is 16.6. The molecule has 0 aromatic carbocycles. The van der Waals surface area contributed by atoms with Crippen molar-refractivity contribution in [2.75, 3.05) is 13.2 Å². The van der Waals surface area contributed by atoms with Gasteiger partial charge < -0.3 is 14.2 Å². The third-order valence-electron chi connectivity index (χ3n) is 12.1. The zero-order valence-corrected chi connectivity index (χ0v) is 42.1. The summed E-state index contributed by atoms with van der Waals surface area (Å²) in [5.41, 5.74) is 0. The van der Waals surface area contributed by atoms with Crippen LogP contribution in [-0.2, 0) is 28.6 Å². The number of ether oxygens (including phenoxy) is 3. The Labute approximate surface area is 391 Å². The molecule has 0 rings (SSSR count). The normalized spacial score (nSPS) is 12.2. The number of allylic oxidation sites excluding steroid dienone is 6. The van der Waals surface area contributed by atoms with Gasteiger partial charge in [0, 0.05) is 19.3 Å². The number of esters is 3. The summed E-state index contributed by atoms with van der Waals surface area (Å²) in [6, 6.07) is 0. The Balaban J connectivity index is 4.41. The van der Waals surface area contributed by atoms with Crippen LogP contribution < -0.4 is 0 Å². The molecule has 368 valence electrons. The molecular formula is C57H104O6. The number of unbranched alkanes of at least 4 members (excludes halogenated alkanes) is 33. The maximum Gasteiger partial charge on any atom is 0.306 e. The second-order valence-electron chi connectivity index (χ2n) is 18.5. The fraction of sp³-hybridized carbons (Fsp3) is 0.842. The van der Waals surface area contributed by atoms with Gasteiger partial charge in [0.2, 0.25) is 0 Å². The average molecular weight is 885 g/mol. The Hall–Kier alpha value is -2.37. The van der Waals surface area contributed by atoms with Crippen molar-refractivity contribution < 1.29 is 28.6 Å². The lowest BCUT2D eigenvalue weighted by Gasteiger charge is -2.18. The summed E-state index contributed by atoms with van der Waals surface area (Å²) in [5.74, 6) is -0.922. The number of hydrogen-bond acceptors (Lipinski definition) is 6. The van der Waals surface area contributed by atoms with E-state index in [0.29, 0.717) is 25.7 Å². The van der Waals surface area contributed by atoms with Crippen molar-refractivity contribution in [2.24, 2.45) is 0 Å². The predicted octanol–water partition coefficient (Wildman–Crippen LogP) is 18.1. The number of carbonyl (C=O) groups excluding carboxylic acids is 3. The topological polar surface area (TPSA) is 78.9 Å². The molecular weight excluding hydrogens is 781 g/mol. The molecule has 0 aliphatic rings. The standard InChI is InChI=1S/C57H104O6/c1-4-7-10-13-16-19-22-25-28-29-30-33-35-38-41-44-47-50-56(59)62-53-54(63-57(60)51-48-45-42-39-36-32-27-24-21-18-15-12-9-6-3)52-61-55(58)49-46-43-40-37-34-31-26-23-20-17-14-11-8-5-2/h25,28,30,33,38,41,54H,4-24,26-27,29,31-32,34-37,39-40,42-53H2,1-3H3/b28-25-,33-30-,41-38-. The first-order chi connectivity index (χ1) is 31.0. The lowest BCUT2D eigenvalue weighted by atomic mass is 10.0. The lowest BCUT2D eigenvalue weighted by molar-refractivity contribution is -0.167. The highest BCUT2D eigenvalue weighted by molar-refractivity contribution is 5.71. The summed E-state index contributed by atoms with van der Waals surface area (Å²) < 4.78 is 16.8. The molecule has 0 N–H and O–H groups in total. The summed E-state index contributed by atoms with van der Waals surface area (Å²) in [6.07, 6.45) is 61.3. The first-order valence-electron chi connectivity index (χ1n) is 27.5. The summed E-state index contributed by atoms with van der Waals surface area (Å²) in [5, 5.41) is 0. The van der Waals surface area contributed by atoms with E-state index in [1.54, 1.807) is 0 Å². The molecule has 0 saturated carbocycles. The van der Waals surface area contributed by atoms with Crippen molar-refractivity contribution in [3.63, 3.8) is 0 Å². The molecule has 0 aliphatic heterocycles. The number of hydrogen-bond donors (Lipinski definition) is 0. The van der Waals surface area contributed by atoms with Gasteiger partial charge in [-0.25, -0.2) is 0 Å². The largest absolute Gasteiger partial charge is 0.462 e. The van der Waals surface area contributed by atoms with E-state index in [2.05, 4.69) is 57.2 Å². The molecule has 6 heteroatoms. The van der Waals surface area contributed by atoms with Crippen LogP contribution in [0, 0.1) is 0 Å². The van der Waals surface area contributed by atoms with Crippen LogP contribution in [-0.4, -0.2) is 37.2 Å². The molecule has 0 fully saturated rings. The van der Waals surface area contributed by atoms with Crippen LogP contribution in [0.15, 0.2) is 36.5 Å². The van der Waals surface area contributed by atoms with E-state index in [1.165, 1.54) is 186 Å². The fourth-order valence-electron chi connectivity index (χ4n) is 7.99. The van der Waals surface area contributed by atoms with Gasteiger partial charge in [-0.15, -0.1) is 0 Å². The van der Waals surface area contributed by atoms with Crippen LogP contribution in [0.1, 0.15) is 290 Å². The van der Waals surface area contributed by atoms with E-state index in [9.17, 15) is 14.4 Å². The summed E-state index contributed by atoms with van der Waals surface area (Å²) >= 11 is 0. The molecule has 0 amide bonds. The second-order valence-corrected chi connectivity index (χ2v) is 18.5. The fourth-order valence-corrected chi connectivity index (χ4v) is 7.99. The highest BCUT2D eigenvalue weighted by Gasteiger charge is 2.19. The third-order valence-corrected chi connectivity index (χ3v) is 12.1. The Kier molecular flexibility index (Phi) is 50.3. The molecule has 6 nitrogen and oxygen atoms in total. The highest BCUT2D eigenvalue weighted by Crippen LogP contribution is 2.16. The molecule has 0 radical (unpaired) electrons. The van der Waals surface area contributed by atoms with Gasteiger partial charge in [0.1, 0.15) is 13.2 Å². The van der Waals surface area contributed by atoms with Crippen molar-refractivity contribution in [3.05, 3.63) is 36.5 Å². The lowest BCUT2D eigenvalue weighted by Crippen LogP contribution is -2.30. The Morgan fingerprint density at radius 2 is 0.587 bits per heavy atom. The van der Waals surface area contributed by atoms with Crippen LogP contribution in [0.3, 0.4) is 0 Å². The van der Waals surface area contributed by atoms with Gasteiger partial charge in [0.05, 0.1) is 0 Å². The molecule has 0 bridgehead atoms. The van der Waals surface area contributed by atoms with Gasteiger partial charge in [-0.05, 0) is 51.4 Å². The summed E-state index contributed by atoms with van der Waals surface area (Å²) in [7, 11) is 0. The zero-order chi connectivity index (χ0) is 45.8. The first kappa shape index (κ1) is 60.6. The van der Waals surface area contributed by atoms with Crippen molar-refractivity contribution in [1.29, 1.82) is 0 Å². The molecule has 0 heterocycles. The number of rotatable bonds is 50. The van der Waals surface area contributed by atoms with E-state index in [1.807, 2.05) is 0 Å². The van der Waals surface area contributed by atoms with E-state index in [0.717, 1.165) is 57.8 Å². The molecule has 63 heavy (non-hydrogen) atoms. The quantitative estimate of drug-likeness (QED) is 0.0262. The SMILES string of the molecule is CCCCCCCC/C=C\C/C=C\C/C=C\CCCC(=O)OCC(COC(=O)CCCCCCCCCCCCCCCC)OC(=O)CCCCCCCCCCCCCCCC. The monoisotopic (exact) mass is 885 g/mol. The Morgan fingerprint density at radius 1 is 0.317 bits per heavy atom. The molecule has 1 unspecified atom stereocenters. The van der Waals surface area contributed by atoms with Crippen molar-refractivity contribution >= 4 is 17.9 Å². The molecule has 0 spiro atoms. The molecule has 1 atom stereocenters. The van der Waals surface area contributed by atoms with Crippen molar-refractivity contribution in [1.82, 2.24) is 0 Å². The van der Waals surface area contributed by atoms with Gasteiger partial charge in [0.25, 0.3) is 0 Å². The maximum absolute atomic E-state index is 12.8. The van der Waals surface area contributed by atoms with Crippen molar-refractivity contribution in [2.45, 2.75) is 297 Å². The van der Waals surface area contributed by atoms with E-state index in [-0.39, 0.29) is 31.1 Å². The summed E-state index contributed by atoms with van der Waals surface area (Å²) in [4.78, 5) is 38.0. The minimum Gasteiger partial charge on any atom is -0.462 e. The minimum absolute atomic E-state index is 0.0830. The molecule has 0 aromatic heterocycles. The molecule has 0 aliphatic carbocycles. The van der Waals surface area contributed by atoms with Gasteiger partial charge in [-0.3, -0.25) is 14.4 Å². The smallest absolute Gasteiger partial charge is 0.306 e. The van der Waals surface area contributed by atoms with Gasteiger partial charge in [-0.2, -0.15) is 0 Å². The summed E-state index contributed by atoms with van der Waals surface area (Å²) in [6.45, 7) is 6.62. The average Bonchev–Trinajstić information content (AvgIpc) is 3.28. The van der Waals surface area contributed by atoms with Crippen LogP contribution in [0.2, 0.25) is 0 Å².